The minimum Gasteiger partial charge on any atom is -0.481 e. The van der Waals surface area contributed by atoms with E-state index in [1.165, 1.54) is 38.5 Å². The third kappa shape index (κ3) is 9.01. The first-order chi connectivity index (χ1) is 32.7. The molecule has 0 aliphatic heterocycles. The Morgan fingerprint density at radius 1 is 0.750 bits per heavy atom. The Hall–Kier alpha value is -4.00. The van der Waals surface area contributed by atoms with Crippen molar-refractivity contribution < 1.29 is 53.4 Å². The summed E-state index contributed by atoms with van der Waals surface area (Å²) in [4.78, 5) is 52.3. The Bertz CT molecular complexity index is 2040. The van der Waals surface area contributed by atoms with Gasteiger partial charge in [0.05, 0.1) is 12.2 Å². The molecule has 12 heteroatoms. The number of carbonyl (C=O) groups excluding carboxylic acids is 3. The van der Waals surface area contributed by atoms with Gasteiger partial charge in [0.2, 0.25) is 5.60 Å². The predicted molar refractivity (Wildman–Crippen MR) is 253 cm³/mol. The van der Waals surface area contributed by atoms with Crippen LogP contribution < -0.4 is 5.32 Å². The van der Waals surface area contributed by atoms with Crippen LogP contribution >= 0.6 is 0 Å². The lowest BCUT2D eigenvalue weighted by atomic mass is 9.43. The number of benzene rings is 2. The van der Waals surface area contributed by atoms with E-state index in [2.05, 4.69) is 26.1 Å². The van der Waals surface area contributed by atoms with Crippen LogP contribution in [0.1, 0.15) is 154 Å². The van der Waals surface area contributed by atoms with Crippen LogP contribution in [-0.4, -0.2) is 77.1 Å². The summed E-state index contributed by atoms with van der Waals surface area (Å²) >= 11 is 0. The first kappa shape index (κ1) is 49.0. The number of rotatable bonds is 16. The van der Waals surface area contributed by atoms with Crippen molar-refractivity contribution in [3.8, 4) is 0 Å². The summed E-state index contributed by atoms with van der Waals surface area (Å²) in [5, 5.41) is 35.9. The van der Waals surface area contributed by atoms with Crippen molar-refractivity contribution in [2.24, 2.45) is 63.6 Å². The fraction of sp³-hybridized carbons (Fsp3) is 0.714. The monoisotopic (exact) mass is 940 g/mol. The van der Waals surface area contributed by atoms with Crippen LogP contribution in [0.15, 0.2) is 60.7 Å². The van der Waals surface area contributed by atoms with Crippen LogP contribution in [-0.2, 0) is 38.9 Å². The Balaban J connectivity index is 0.752. The summed E-state index contributed by atoms with van der Waals surface area (Å²) < 4.78 is 24.5. The molecular formula is C56H77NO11. The number of aliphatic hydroxyl groups is 2. The van der Waals surface area contributed by atoms with Gasteiger partial charge in [-0.25, -0.2) is 9.59 Å². The van der Waals surface area contributed by atoms with Crippen LogP contribution in [0.5, 0.6) is 0 Å². The first-order valence-electron chi connectivity index (χ1n) is 26.3. The molecule has 1 spiro atoms. The first-order valence-corrected chi connectivity index (χ1v) is 26.3. The van der Waals surface area contributed by atoms with E-state index in [0.717, 1.165) is 32.1 Å². The van der Waals surface area contributed by atoms with Gasteiger partial charge in [0.25, 0.3) is 0 Å². The number of aliphatic hydroxyl groups excluding tert-OH is 2. The zero-order chi connectivity index (χ0) is 47.8. The maximum absolute atomic E-state index is 14.7. The van der Waals surface area contributed by atoms with Crippen molar-refractivity contribution in [3.63, 3.8) is 0 Å². The molecule has 0 saturated heterocycles. The molecule has 7 aliphatic carbocycles. The molecule has 68 heavy (non-hydrogen) atoms. The number of carbonyl (C=O) groups is 4. The van der Waals surface area contributed by atoms with Crippen LogP contribution in [0.3, 0.4) is 0 Å². The summed E-state index contributed by atoms with van der Waals surface area (Å²) in [6.07, 6.45) is 13.6. The second-order valence-corrected chi connectivity index (χ2v) is 22.9. The van der Waals surface area contributed by atoms with E-state index in [0.29, 0.717) is 66.9 Å². The lowest BCUT2D eigenvalue weighted by Gasteiger charge is -2.63. The highest BCUT2D eigenvalue weighted by molar-refractivity contribution is 5.86. The molecule has 13 atom stereocenters. The van der Waals surface area contributed by atoms with Crippen LogP contribution in [0.2, 0.25) is 0 Å². The minimum absolute atomic E-state index is 0.0164. The Morgan fingerprint density at radius 3 is 2.04 bits per heavy atom. The fourth-order valence-electron chi connectivity index (χ4n) is 16.5. The predicted octanol–water partition coefficient (Wildman–Crippen LogP) is 9.72. The highest BCUT2D eigenvalue weighted by Gasteiger charge is 2.66. The summed E-state index contributed by atoms with van der Waals surface area (Å²) in [5.41, 5.74) is -0.518. The van der Waals surface area contributed by atoms with Crippen LogP contribution in [0.25, 0.3) is 0 Å². The normalized spacial score (nSPS) is 36.2. The second-order valence-electron chi connectivity index (χ2n) is 22.9. The molecule has 7 saturated carbocycles. The van der Waals surface area contributed by atoms with E-state index >= 15 is 0 Å². The van der Waals surface area contributed by atoms with E-state index in [-0.39, 0.29) is 77.9 Å². The molecule has 0 radical (unpaired) electrons. The Labute approximate surface area is 403 Å². The second kappa shape index (κ2) is 20.0. The highest BCUT2D eigenvalue weighted by atomic mass is 16.7. The quantitative estimate of drug-likeness (QED) is 0.0545. The van der Waals surface area contributed by atoms with Gasteiger partial charge in [0, 0.05) is 19.4 Å². The van der Waals surface area contributed by atoms with Gasteiger partial charge in [-0.3, -0.25) is 9.59 Å². The summed E-state index contributed by atoms with van der Waals surface area (Å²) in [6, 6.07) is 18.6. The third-order valence-electron chi connectivity index (χ3n) is 20.0. The van der Waals surface area contributed by atoms with Gasteiger partial charge in [-0.05, 0) is 171 Å². The smallest absolute Gasteiger partial charge is 0.407 e. The molecule has 7 fully saturated rings. The standard InChI is InChI=1S/C56H77NO11/c1-35(18-23-48(60)61)43-21-22-44-50-45(33-47(59)54(43,44)3)53(2)27-24-41(31-40(53)32-46(50)58)68-52(64)57-28-12-17-49(62)65-34-66-56(36-13-6-4-7-14-36,37-15-8-5-9-16-37)51(63)67-42-29-38-19-20-39(30-42)55(38)25-10-11-26-55/h4-9,13-16,35,38-47,50,58-59H,10-12,17-34H2,1-3H3,(H,57,64)(H,60,61)/t35-,38?,39?,40?,41?,42?,43?,44?,45?,46-,47+,50?,53+,54-/m1/s1. The van der Waals surface area contributed by atoms with Gasteiger partial charge in [-0.15, -0.1) is 0 Å². The number of aliphatic carboxylic acids is 1. The molecule has 7 aliphatic rings. The Kier molecular flexibility index (Phi) is 14.4. The number of alkyl carbamates (subject to hydrolysis) is 1. The maximum Gasteiger partial charge on any atom is 0.407 e. The topological polar surface area (TPSA) is 178 Å². The van der Waals surface area contributed by atoms with Gasteiger partial charge in [0.1, 0.15) is 12.2 Å². The molecule has 1 amide bonds. The number of esters is 2. The number of hydrogen-bond acceptors (Lipinski definition) is 10. The number of hydrogen-bond donors (Lipinski definition) is 4. The number of ether oxygens (including phenoxy) is 4. The molecule has 8 unspecified atom stereocenters. The van der Waals surface area contributed by atoms with Crippen molar-refractivity contribution in [1.82, 2.24) is 5.32 Å². The Morgan fingerprint density at radius 2 is 1.40 bits per heavy atom. The molecule has 2 bridgehead atoms. The molecule has 4 N–H and O–H groups in total. The van der Waals surface area contributed by atoms with Crippen molar-refractivity contribution >= 4 is 24.0 Å². The van der Waals surface area contributed by atoms with Crippen LogP contribution in [0.4, 0.5) is 4.79 Å². The van der Waals surface area contributed by atoms with E-state index < -0.39 is 48.6 Å². The SMILES string of the molecule is C[C@H](CCC(=O)O)C1CCC2C3C(C[C@H](O)[C@@]21C)[C@@]1(C)CCC(OC(=O)NCCCC(=O)OCOC(C(=O)OC2CC4CCC(C2)C42CCCC2)(c2ccccc2)c2ccccc2)CC1C[C@H]3O. The fourth-order valence-corrected chi connectivity index (χ4v) is 16.5. The average Bonchev–Trinajstić information content (AvgIpc) is 4.00. The van der Waals surface area contributed by atoms with E-state index in [1.807, 2.05) is 60.7 Å². The number of nitrogens with one attached hydrogen (secondary N) is 1. The summed E-state index contributed by atoms with van der Waals surface area (Å²) in [7, 11) is 0. The van der Waals surface area contributed by atoms with Crippen molar-refractivity contribution in [2.75, 3.05) is 13.3 Å². The molecule has 2 aromatic rings. The molecule has 12 nitrogen and oxygen atoms in total. The minimum atomic E-state index is -1.66. The highest BCUT2D eigenvalue weighted by Crippen LogP contribution is 2.69. The van der Waals surface area contributed by atoms with Crippen LogP contribution in [0, 0.1) is 63.6 Å². The van der Waals surface area contributed by atoms with Gasteiger partial charge in [0.15, 0.2) is 6.79 Å². The molecule has 0 aromatic heterocycles. The summed E-state index contributed by atoms with van der Waals surface area (Å²) in [5.74, 6) is 0.284. The van der Waals surface area contributed by atoms with Crippen molar-refractivity contribution in [3.05, 3.63) is 71.8 Å². The lowest BCUT2D eigenvalue weighted by Crippen LogP contribution is -2.62. The van der Waals surface area contributed by atoms with Gasteiger partial charge in [-0.1, -0.05) is 94.3 Å². The zero-order valence-electron chi connectivity index (χ0n) is 40.7. The zero-order valence-corrected chi connectivity index (χ0v) is 40.7. The molecule has 0 heterocycles. The largest absolute Gasteiger partial charge is 0.481 e. The van der Waals surface area contributed by atoms with Crippen molar-refractivity contribution in [2.45, 2.75) is 173 Å². The lowest BCUT2D eigenvalue weighted by molar-refractivity contribution is -0.207. The van der Waals surface area contributed by atoms with Gasteiger partial charge >= 0.3 is 24.0 Å². The van der Waals surface area contributed by atoms with E-state index in [4.69, 9.17) is 18.9 Å². The average molecular weight is 940 g/mol. The summed E-state index contributed by atoms with van der Waals surface area (Å²) in [6.45, 7) is 6.37. The molecule has 372 valence electrons. The van der Waals surface area contributed by atoms with Crippen molar-refractivity contribution in [1.29, 1.82) is 0 Å². The maximum atomic E-state index is 14.7. The molecular weight excluding hydrogens is 863 g/mol. The number of carboxylic acids is 1. The molecule has 2 aromatic carbocycles. The number of carboxylic acid groups (broad SMARTS) is 1. The third-order valence-corrected chi connectivity index (χ3v) is 20.0. The molecule has 9 rings (SSSR count). The van der Waals surface area contributed by atoms with E-state index in [9.17, 15) is 34.5 Å². The van der Waals surface area contributed by atoms with Gasteiger partial charge < -0.3 is 39.6 Å². The van der Waals surface area contributed by atoms with E-state index in [1.54, 1.807) is 0 Å². The van der Waals surface area contributed by atoms with Gasteiger partial charge in [-0.2, -0.15) is 0 Å². The number of fused-ring (bicyclic) bond motifs is 5. The number of amides is 1.